The molecule has 0 aromatic carbocycles. The molecule has 1 heterocycles. The summed E-state index contributed by atoms with van der Waals surface area (Å²) in [6, 6.07) is 2.44. The fourth-order valence-corrected chi connectivity index (χ4v) is 2.20. The summed E-state index contributed by atoms with van der Waals surface area (Å²) >= 11 is 0. The van der Waals surface area contributed by atoms with Crippen molar-refractivity contribution in [2.75, 3.05) is 11.9 Å². The molecule has 0 unspecified atom stereocenters. The highest BCUT2D eigenvalue weighted by Gasteiger charge is 2.15. The van der Waals surface area contributed by atoms with Gasteiger partial charge in [0.25, 0.3) is 0 Å². The molecule has 0 saturated heterocycles. The van der Waals surface area contributed by atoms with Crippen LogP contribution >= 0.6 is 0 Å². The molecule has 2 rings (SSSR count). The molecule has 1 saturated carbocycles. The molecule has 4 nitrogen and oxygen atoms in total. The minimum absolute atomic E-state index is 0.00398. The van der Waals surface area contributed by atoms with Crippen LogP contribution < -0.4 is 10.6 Å². The van der Waals surface area contributed by atoms with E-state index >= 15 is 0 Å². The molecule has 0 spiro atoms. The maximum atomic E-state index is 11.7. The van der Waals surface area contributed by atoms with Crippen LogP contribution in [0.15, 0.2) is 18.5 Å². The molecular formula is C13H19N3O. The summed E-state index contributed by atoms with van der Waals surface area (Å²) in [4.78, 5) is 15.7. The van der Waals surface area contributed by atoms with Crippen LogP contribution in [0.25, 0.3) is 0 Å². The molecule has 0 radical (unpaired) electrons. The van der Waals surface area contributed by atoms with E-state index in [4.69, 9.17) is 0 Å². The summed E-state index contributed by atoms with van der Waals surface area (Å²) in [5.41, 5.74) is 1.81. The molecule has 1 aromatic rings. The van der Waals surface area contributed by atoms with Crippen molar-refractivity contribution in [1.82, 2.24) is 10.3 Å². The Morgan fingerprint density at radius 2 is 2.18 bits per heavy atom. The summed E-state index contributed by atoms with van der Waals surface area (Å²) in [6.45, 7) is 2.35. The number of carbonyl (C=O) groups excluding carboxylic acids is 1. The third-order valence-corrected chi connectivity index (χ3v) is 3.07. The van der Waals surface area contributed by atoms with E-state index in [9.17, 15) is 4.79 Å². The standard InChI is InChI=1S/C13H19N3O/c1-10-6-12(8-14-7-10)16-13(17)9-15-11-4-2-3-5-11/h6-8,11,15H,2-5,9H2,1H3,(H,16,17). The zero-order valence-electron chi connectivity index (χ0n) is 10.2. The SMILES string of the molecule is Cc1cncc(NC(=O)CNC2CCCC2)c1. The Morgan fingerprint density at radius 1 is 1.41 bits per heavy atom. The number of anilines is 1. The molecule has 0 bridgehead atoms. The van der Waals surface area contributed by atoms with E-state index in [1.165, 1.54) is 25.7 Å². The van der Waals surface area contributed by atoms with Crippen molar-refractivity contribution in [1.29, 1.82) is 0 Å². The topological polar surface area (TPSA) is 54.0 Å². The van der Waals surface area contributed by atoms with Gasteiger partial charge in [-0.15, -0.1) is 0 Å². The zero-order chi connectivity index (χ0) is 12.1. The van der Waals surface area contributed by atoms with E-state index in [1.54, 1.807) is 12.4 Å². The van der Waals surface area contributed by atoms with Gasteiger partial charge in [0.15, 0.2) is 0 Å². The molecular weight excluding hydrogens is 214 g/mol. The average Bonchev–Trinajstić information content (AvgIpc) is 2.79. The van der Waals surface area contributed by atoms with Crippen LogP contribution in [0.4, 0.5) is 5.69 Å². The molecule has 0 atom stereocenters. The summed E-state index contributed by atoms with van der Waals surface area (Å²) in [7, 11) is 0. The predicted octanol–water partition coefficient (Wildman–Crippen LogP) is 1.86. The van der Waals surface area contributed by atoms with Gasteiger partial charge in [-0.1, -0.05) is 12.8 Å². The van der Waals surface area contributed by atoms with Crippen molar-refractivity contribution in [3.05, 3.63) is 24.0 Å². The third-order valence-electron chi connectivity index (χ3n) is 3.07. The number of nitrogens with zero attached hydrogens (tertiary/aromatic N) is 1. The van der Waals surface area contributed by atoms with E-state index < -0.39 is 0 Å². The molecule has 17 heavy (non-hydrogen) atoms. The third kappa shape index (κ3) is 3.82. The van der Waals surface area contributed by atoms with Gasteiger partial charge in [0.1, 0.15) is 0 Å². The molecule has 1 aromatic heterocycles. The van der Waals surface area contributed by atoms with Gasteiger partial charge in [-0.3, -0.25) is 9.78 Å². The molecule has 1 aliphatic carbocycles. The minimum atomic E-state index is 0.00398. The van der Waals surface area contributed by atoms with Gasteiger partial charge in [0.05, 0.1) is 18.4 Å². The van der Waals surface area contributed by atoms with E-state index in [0.29, 0.717) is 12.6 Å². The summed E-state index contributed by atoms with van der Waals surface area (Å²) in [6.07, 6.45) is 8.38. The first-order valence-corrected chi connectivity index (χ1v) is 6.19. The van der Waals surface area contributed by atoms with Gasteiger partial charge in [-0.05, 0) is 31.4 Å². The van der Waals surface area contributed by atoms with Crippen molar-refractivity contribution >= 4 is 11.6 Å². The number of nitrogens with one attached hydrogen (secondary N) is 2. The lowest BCUT2D eigenvalue weighted by Gasteiger charge is -2.11. The van der Waals surface area contributed by atoms with Gasteiger partial charge in [-0.2, -0.15) is 0 Å². The molecule has 1 fully saturated rings. The van der Waals surface area contributed by atoms with Crippen molar-refractivity contribution < 1.29 is 4.79 Å². The first-order valence-electron chi connectivity index (χ1n) is 6.19. The largest absolute Gasteiger partial charge is 0.324 e. The Hall–Kier alpha value is -1.42. The van der Waals surface area contributed by atoms with E-state index in [1.807, 2.05) is 13.0 Å². The lowest BCUT2D eigenvalue weighted by atomic mass is 10.2. The summed E-state index contributed by atoms with van der Waals surface area (Å²) in [5.74, 6) is 0.00398. The van der Waals surface area contributed by atoms with Crippen LogP contribution in [-0.4, -0.2) is 23.5 Å². The average molecular weight is 233 g/mol. The van der Waals surface area contributed by atoms with Crippen LogP contribution in [-0.2, 0) is 4.79 Å². The van der Waals surface area contributed by atoms with Crippen LogP contribution in [0.2, 0.25) is 0 Å². The Bertz CT molecular complexity index is 386. The highest BCUT2D eigenvalue weighted by molar-refractivity contribution is 5.92. The molecule has 0 aliphatic heterocycles. The van der Waals surface area contributed by atoms with E-state index in [-0.39, 0.29) is 5.91 Å². The first kappa shape index (κ1) is 12.0. The second-order valence-corrected chi connectivity index (χ2v) is 4.66. The first-order chi connectivity index (χ1) is 8.24. The number of carbonyl (C=O) groups is 1. The minimum Gasteiger partial charge on any atom is -0.324 e. The Kier molecular flexibility index (Phi) is 4.09. The van der Waals surface area contributed by atoms with Gasteiger partial charge in [-0.25, -0.2) is 0 Å². The highest BCUT2D eigenvalue weighted by Crippen LogP contribution is 2.17. The maximum Gasteiger partial charge on any atom is 0.238 e. The number of aromatic nitrogens is 1. The number of rotatable bonds is 4. The molecule has 4 heteroatoms. The quantitative estimate of drug-likeness (QED) is 0.834. The lowest BCUT2D eigenvalue weighted by Crippen LogP contribution is -2.34. The lowest BCUT2D eigenvalue weighted by molar-refractivity contribution is -0.115. The molecule has 2 N–H and O–H groups in total. The van der Waals surface area contributed by atoms with Gasteiger partial charge in [0, 0.05) is 12.2 Å². The zero-order valence-corrected chi connectivity index (χ0v) is 10.2. The summed E-state index contributed by atoms with van der Waals surface area (Å²) in [5, 5.41) is 6.13. The van der Waals surface area contributed by atoms with Crippen molar-refractivity contribution in [3.63, 3.8) is 0 Å². The number of aryl methyl sites for hydroxylation is 1. The second-order valence-electron chi connectivity index (χ2n) is 4.66. The fourth-order valence-electron chi connectivity index (χ4n) is 2.20. The highest BCUT2D eigenvalue weighted by atomic mass is 16.1. The molecule has 1 amide bonds. The van der Waals surface area contributed by atoms with Crippen LogP contribution in [0.1, 0.15) is 31.2 Å². The monoisotopic (exact) mass is 233 g/mol. The van der Waals surface area contributed by atoms with Gasteiger partial charge in [0.2, 0.25) is 5.91 Å². The number of pyridine rings is 1. The maximum absolute atomic E-state index is 11.7. The number of amides is 1. The smallest absolute Gasteiger partial charge is 0.238 e. The normalized spacial score (nSPS) is 16.1. The predicted molar refractivity (Wildman–Crippen MR) is 67.9 cm³/mol. The Balaban J connectivity index is 1.76. The molecule has 1 aliphatic rings. The van der Waals surface area contributed by atoms with Crippen molar-refractivity contribution in [2.45, 2.75) is 38.6 Å². The molecule has 92 valence electrons. The Labute approximate surface area is 102 Å². The second kappa shape index (κ2) is 5.77. The van der Waals surface area contributed by atoms with Crippen LogP contribution in [0.3, 0.4) is 0 Å². The fraction of sp³-hybridized carbons (Fsp3) is 0.538. The van der Waals surface area contributed by atoms with Crippen molar-refractivity contribution in [2.24, 2.45) is 0 Å². The van der Waals surface area contributed by atoms with Crippen molar-refractivity contribution in [3.8, 4) is 0 Å². The van der Waals surface area contributed by atoms with Crippen LogP contribution in [0.5, 0.6) is 0 Å². The summed E-state index contributed by atoms with van der Waals surface area (Å²) < 4.78 is 0. The number of hydrogen-bond acceptors (Lipinski definition) is 3. The van der Waals surface area contributed by atoms with E-state index in [0.717, 1.165) is 11.3 Å². The Morgan fingerprint density at radius 3 is 2.88 bits per heavy atom. The van der Waals surface area contributed by atoms with Gasteiger partial charge < -0.3 is 10.6 Å². The van der Waals surface area contributed by atoms with Crippen LogP contribution in [0, 0.1) is 6.92 Å². The van der Waals surface area contributed by atoms with Gasteiger partial charge >= 0.3 is 0 Å². The van der Waals surface area contributed by atoms with E-state index in [2.05, 4.69) is 15.6 Å². The number of hydrogen-bond donors (Lipinski definition) is 2.